The van der Waals surface area contributed by atoms with Crippen molar-refractivity contribution in [3.05, 3.63) is 76.7 Å². The van der Waals surface area contributed by atoms with Crippen LogP contribution in [0.3, 0.4) is 0 Å². The molecule has 2 amide bonds. The van der Waals surface area contributed by atoms with Gasteiger partial charge in [0, 0.05) is 30.2 Å². The fourth-order valence-electron chi connectivity index (χ4n) is 2.74. The molecule has 6 heteroatoms. The highest BCUT2D eigenvalue weighted by molar-refractivity contribution is 7.15. The Balaban J connectivity index is 1.91. The highest BCUT2D eigenvalue weighted by atomic mass is 32.1. The van der Waals surface area contributed by atoms with Crippen molar-refractivity contribution >= 4 is 28.2 Å². The van der Waals surface area contributed by atoms with Gasteiger partial charge in [-0.1, -0.05) is 48.0 Å². The molecule has 0 aliphatic heterocycles. The Bertz CT molecular complexity index is 950. The van der Waals surface area contributed by atoms with Gasteiger partial charge in [0.25, 0.3) is 11.8 Å². The molecule has 1 aromatic heterocycles. The Morgan fingerprint density at radius 3 is 2.39 bits per heavy atom. The van der Waals surface area contributed by atoms with Gasteiger partial charge >= 0.3 is 0 Å². The van der Waals surface area contributed by atoms with E-state index in [1.807, 2.05) is 54.8 Å². The number of methoxy groups -OCH3 is 1. The summed E-state index contributed by atoms with van der Waals surface area (Å²) in [7, 11) is 1.58. The Hall–Kier alpha value is -2.96. The van der Waals surface area contributed by atoms with Crippen LogP contribution < -0.4 is 10.6 Å². The smallest absolute Gasteiger partial charge is 0.256 e. The van der Waals surface area contributed by atoms with E-state index in [0.29, 0.717) is 29.3 Å². The summed E-state index contributed by atoms with van der Waals surface area (Å²) in [5.74, 6) is -0.483. The molecule has 0 spiro atoms. The predicted octanol–water partition coefficient (Wildman–Crippen LogP) is 4.35. The van der Waals surface area contributed by atoms with E-state index in [4.69, 9.17) is 4.74 Å². The average Bonchev–Trinajstić information content (AvgIpc) is 3.13. The van der Waals surface area contributed by atoms with Gasteiger partial charge in [0.05, 0.1) is 12.2 Å². The second-order valence-corrected chi connectivity index (χ2v) is 7.17. The number of benzene rings is 2. The van der Waals surface area contributed by atoms with Crippen molar-refractivity contribution in [2.45, 2.75) is 6.92 Å². The third-order valence-electron chi connectivity index (χ3n) is 4.24. The largest absolute Gasteiger partial charge is 0.383 e. The lowest BCUT2D eigenvalue weighted by Crippen LogP contribution is -2.28. The van der Waals surface area contributed by atoms with E-state index in [0.717, 1.165) is 16.7 Å². The van der Waals surface area contributed by atoms with Gasteiger partial charge < -0.3 is 15.4 Å². The van der Waals surface area contributed by atoms with Crippen molar-refractivity contribution in [1.29, 1.82) is 0 Å². The second kappa shape index (κ2) is 9.30. The minimum Gasteiger partial charge on any atom is -0.383 e. The first-order valence-electron chi connectivity index (χ1n) is 8.92. The molecule has 0 fully saturated rings. The molecule has 0 saturated heterocycles. The summed E-state index contributed by atoms with van der Waals surface area (Å²) in [6.45, 7) is 2.78. The molecule has 0 radical (unpaired) electrons. The molecular weight excluding hydrogens is 372 g/mol. The molecule has 3 rings (SSSR count). The number of ether oxygens (including phenoxy) is 1. The molecule has 28 heavy (non-hydrogen) atoms. The van der Waals surface area contributed by atoms with E-state index >= 15 is 0 Å². The molecule has 0 aliphatic carbocycles. The quantitative estimate of drug-likeness (QED) is 0.586. The molecule has 0 unspecified atom stereocenters. The average molecular weight is 394 g/mol. The Morgan fingerprint density at radius 2 is 1.71 bits per heavy atom. The topological polar surface area (TPSA) is 67.4 Å². The van der Waals surface area contributed by atoms with Gasteiger partial charge in [-0.2, -0.15) is 0 Å². The monoisotopic (exact) mass is 394 g/mol. The van der Waals surface area contributed by atoms with Crippen molar-refractivity contribution in [2.75, 3.05) is 25.6 Å². The van der Waals surface area contributed by atoms with Gasteiger partial charge in [-0.3, -0.25) is 9.59 Å². The van der Waals surface area contributed by atoms with E-state index in [1.165, 1.54) is 11.3 Å². The predicted molar refractivity (Wildman–Crippen MR) is 113 cm³/mol. The van der Waals surface area contributed by atoms with Crippen LogP contribution in [0.15, 0.2) is 60.0 Å². The van der Waals surface area contributed by atoms with Crippen LogP contribution in [0.25, 0.3) is 11.1 Å². The fourth-order valence-corrected chi connectivity index (χ4v) is 3.70. The molecule has 0 bridgehead atoms. The zero-order valence-corrected chi connectivity index (χ0v) is 16.6. The Morgan fingerprint density at radius 1 is 1.00 bits per heavy atom. The van der Waals surface area contributed by atoms with Crippen molar-refractivity contribution in [3.8, 4) is 11.1 Å². The molecule has 0 saturated carbocycles. The number of hydrogen-bond acceptors (Lipinski definition) is 4. The lowest BCUT2D eigenvalue weighted by atomic mass is 10.0. The van der Waals surface area contributed by atoms with Crippen molar-refractivity contribution < 1.29 is 14.3 Å². The second-order valence-electron chi connectivity index (χ2n) is 6.29. The molecule has 5 nitrogen and oxygen atoms in total. The molecule has 144 valence electrons. The van der Waals surface area contributed by atoms with E-state index in [9.17, 15) is 9.59 Å². The van der Waals surface area contributed by atoms with Crippen LogP contribution in [0.1, 0.15) is 26.3 Å². The van der Waals surface area contributed by atoms with Gasteiger partial charge in [-0.05, 0) is 24.6 Å². The van der Waals surface area contributed by atoms with E-state index < -0.39 is 0 Å². The van der Waals surface area contributed by atoms with Gasteiger partial charge in [0.1, 0.15) is 5.00 Å². The SMILES string of the molecule is COCCNC(=O)c1c(-c2ccccc2)csc1NC(=O)c1ccc(C)cc1. The van der Waals surface area contributed by atoms with Crippen LogP contribution in [-0.4, -0.2) is 32.1 Å². The van der Waals surface area contributed by atoms with Gasteiger partial charge in [-0.15, -0.1) is 11.3 Å². The first-order chi connectivity index (χ1) is 13.6. The first-order valence-corrected chi connectivity index (χ1v) is 9.80. The third kappa shape index (κ3) is 4.65. The molecule has 1 heterocycles. The maximum absolute atomic E-state index is 12.8. The summed E-state index contributed by atoms with van der Waals surface area (Å²) < 4.78 is 5.00. The molecule has 0 aliphatic rings. The summed E-state index contributed by atoms with van der Waals surface area (Å²) in [4.78, 5) is 25.5. The standard InChI is InChI=1S/C22H22N2O3S/c1-15-8-10-17(11-9-15)20(25)24-22-19(21(26)23-12-13-27-2)18(14-28-22)16-6-4-3-5-7-16/h3-11,14H,12-13H2,1-2H3,(H,23,26)(H,24,25). The number of rotatable bonds is 7. The van der Waals surface area contributed by atoms with Gasteiger partial charge in [0.15, 0.2) is 0 Å². The lowest BCUT2D eigenvalue weighted by molar-refractivity contribution is 0.0939. The number of hydrogen-bond donors (Lipinski definition) is 2. The number of thiophene rings is 1. The Labute approximate surface area is 168 Å². The summed E-state index contributed by atoms with van der Waals surface area (Å²) in [5, 5.41) is 8.17. The van der Waals surface area contributed by atoms with Gasteiger partial charge in [-0.25, -0.2) is 0 Å². The highest BCUT2D eigenvalue weighted by Gasteiger charge is 2.21. The normalized spacial score (nSPS) is 10.5. The molecule has 0 atom stereocenters. The van der Waals surface area contributed by atoms with Crippen molar-refractivity contribution in [1.82, 2.24) is 5.32 Å². The van der Waals surface area contributed by atoms with E-state index in [2.05, 4.69) is 10.6 Å². The third-order valence-corrected chi connectivity index (χ3v) is 5.13. The first kappa shape index (κ1) is 19.8. The summed E-state index contributed by atoms with van der Waals surface area (Å²) in [6, 6.07) is 17.0. The number of carbonyl (C=O) groups is 2. The van der Waals surface area contributed by atoms with Crippen LogP contribution in [0.4, 0.5) is 5.00 Å². The molecule has 2 N–H and O–H groups in total. The minimum absolute atomic E-state index is 0.239. The molecule has 2 aromatic carbocycles. The fraction of sp³-hybridized carbons (Fsp3) is 0.182. The number of aryl methyl sites for hydroxylation is 1. The lowest BCUT2D eigenvalue weighted by Gasteiger charge is -2.10. The summed E-state index contributed by atoms with van der Waals surface area (Å²) >= 11 is 1.34. The van der Waals surface area contributed by atoms with Crippen LogP contribution >= 0.6 is 11.3 Å². The number of carbonyl (C=O) groups excluding carboxylic acids is 2. The zero-order valence-electron chi connectivity index (χ0n) is 15.8. The minimum atomic E-state index is -0.243. The maximum atomic E-state index is 12.8. The summed E-state index contributed by atoms with van der Waals surface area (Å²) in [5.41, 5.74) is 3.81. The summed E-state index contributed by atoms with van der Waals surface area (Å²) in [6.07, 6.45) is 0. The van der Waals surface area contributed by atoms with Crippen LogP contribution in [-0.2, 0) is 4.74 Å². The number of nitrogens with one attached hydrogen (secondary N) is 2. The van der Waals surface area contributed by atoms with Crippen molar-refractivity contribution in [3.63, 3.8) is 0 Å². The number of amides is 2. The van der Waals surface area contributed by atoms with Crippen LogP contribution in [0, 0.1) is 6.92 Å². The Kier molecular flexibility index (Phi) is 6.57. The van der Waals surface area contributed by atoms with Crippen LogP contribution in [0.2, 0.25) is 0 Å². The highest BCUT2D eigenvalue weighted by Crippen LogP contribution is 2.35. The zero-order chi connectivity index (χ0) is 19.9. The molecule has 3 aromatic rings. The molecular formula is C22H22N2O3S. The van der Waals surface area contributed by atoms with Gasteiger partial charge in [0.2, 0.25) is 0 Å². The van der Waals surface area contributed by atoms with E-state index in [1.54, 1.807) is 19.2 Å². The van der Waals surface area contributed by atoms with E-state index in [-0.39, 0.29) is 11.8 Å². The maximum Gasteiger partial charge on any atom is 0.256 e. The van der Waals surface area contributed by atoms with Crippen molar-refractivity contribution in [2.24, 2.45) is 0 Å². The van der Waals surface area contributed by atoms with Crippen LogP contribution in [0.5, 0.6) is 0 Å². The number of anilines is 1.